The van der Waals surface area contributed by atoms with E-state index in [1.54, 1.807) is 29.1 Å². The number of halogens is 2. The van der Waals surface area contributed by atoms with Crippen LogP contribution in [0.5, 0.6) is 5.75 Å². The van der Waals surface area contributed by atoms with Crippen LogP contribution < -0.4 is 4.74 Å². The van der Waals surface area contributed by atoms with E-state index in [-0.39, 0.29) is 11.6 Å². The highest BCUT2D eigenvalue weighted by molar-refractivity contribution is 5.85. The van der Waals surface area contributed by atoms with E-state index >= 15 is 0 Å². The first-order valence-electron chi connectivity index (χ1n) is 6.64. The second-order valence-electron chi connectivity index (χ2n) is 4.69. The second kappa shape index (κ2) is 5.64. The minimum Gasteiger partial charge on any atom is -0.417 e. The number of carbonyl (C=O) groups is 1. The first kappa shape index (κ1) is 14.9. The normalized spacial score (nSPS) is 11.1. The van der Waals surface area contributed by atoms with E-state index in [0.29, 0.717) is 5.65 Å². The summed E-state index contributed by atoms with van der Waals surface area (Å²) in [5, 5.41) is 4.58. The SMILES string of the molecule is C=CC(=O)Oc1c(C(F)F)nn(C)c1-n1ccc2cccnc21. The van der Waals surface area contributed by atoms with Crippen molar-refractivity contribution in [3.63, 3.8) is 0 Å². The molecule has 6 nitrogen and oxygen atoms in total. The summed E-state index contributed by atoms with van der Waals surface area (Å²) in [5.74, 6) is -0.967. The lowest BCUT2D eigenvalue weighted by Gasteiger charge is -2.08. The van der Waals surface area contributed by atoms with E-state index in [1.165, 1.54) is 11.7 Å². The first-order valence-corrected chi connectivity index (χ1v) is 6.64. The molecule has 0 aliphatic carbocycles. The zero-order valence-electron chi connectivity index (χ0n) is 12.1. The lowest BCUT2D eigenvalue weighted by molar-refractivity contribution is -0.129. The summed E-state index contributed by atoms with van der Waals surface area (Å²) in [4.78, 5) is 15.7. The molecule has 0 fully saturated rings. The standard InChI is InChI=1S/C15H12F2N4O2/c1-3-10(22)23-12-11(13(16)17)19-20(2)15(12)21-8-6-9-5-4-7-18-14(9)21/h3-8,13H,1H2,2H3. The van der Waals surface area contributed by atoms with Crippen molar-refractivity contribution in [2.45, 2.75) is 6.43 Å². The number of fused-ring (bicyclic) bond motifs is 1. The molecule has 3 heterocycles. The van der Waals surface area contributed by atoms with Crippen LogP contribution in [0.1, 0.15) is 12.1 Å². The fourth-order valence-electron chi connectivity index (χ4n) is 2.30. The number of pyridine rings is 1. The topological polar surface area (TPSA) is 61.9 Å². The molecule has 0 spiro atoms. The van der Waals surface area contributed by atoms with Gasteiger partial charge in [0.25, 0.3) is 6.43 Å². The van der Waals surface area contributed by atoms with E-state index in [0.717, 1.165) is 11.5 Å². The Kier molecular flexibility index (Phi) is 3.65. The van der Waals surface area contributed by atoms with Gasteiger partial charge in [0.05, 0.1) is 0 Å². The van der Waals surface area contributed by atoms with E-state index in [2.05, 4.69) is 16.7 Å². The Bertz CT molecular complexity index is 898. The minimum atomic E-state index is -2.89. The highest BCUT2D eigenvalue weighted by Crippen LogP contribution is 2.35. The van der Waals surface area contributed by atoms with Gasteiger partial charge in [0, 0.05) is 30.9 Å². The Labute approximate surface area is 129 Å². The molecule has 0 aromatic carbocycles. The summed E-state index contributed by atoms with van der Waals surface area (Å²) in [6, 6.07) is 5.37. The van der Waals surface area contributed by atoms with Gasteiger partial charge >= 0.3 is 5.97 Å². The van der Waals surface area contributed by atoms with Gasteiger partial charge < -0.3 is 4.74 Å². The molecule has 8 heteroatoms. The molecular weight excluding hydrogens is 306 g/mol. The zero-order chi connectivity index (χ0) is 16.6. The average Bonchev–Trinajstić information content (AvgIpc) is 3.08. The van der Waals surface area contributed by atoms with Crippen molar-refractivity contribution in [3.8, 4) is 11.6 Å². The number of nitrogens with zero attached hydrogens (tertiary/aromatic N) is 4. The van der Waals surface area contributed by atoms with E-state index in [1.807, 2.05) is 6.07 Å². The molecule has 118 valence electrons. The number of carbonyl (C=O) groups excluding carboxylic acids is 1. The van der Waals surface area contributed by atoms with Gasteiger partial charge in [-0.2, -0.15) is 5.10 Å². The summed E-state index contributed by atoms with van der Waals surface area (Å²) < 4.78 is 34.2. The van der Waals surface area contributed by atoms with Gasteiger partial charge in [-0.25, -0.2) is 23.2 Å². The zero-order valence-corrected chi connectivity index (χ0v) is 12.1. The van der Waals surface area contributed by atoms with Gasteiger partial charge in [-0.3, -0.25) is 4.57 Å². The number of esters is 1. The van der Waals surface area contributed by atoms with Gasteiger partial charge in [-0.1, -0.05) is 6.58 Å². The van der Waals surface area contributed by atoms with Gasteiger partial charge in [0.2, 0.25) is 5.75 Å². The molecular formula is C15H12F2N4O2. The van der Waals surface area contributed by atoms with Crippen LogP contribution in [0.4, 0.5) is 8.78 Å². The molecule has 0 saturated heterocycles. The van der Waals surface area contributed by atoms with Crippen molar-refractivity contribution in [2.75, 3.05) is 0 Å². The number of hydrogen-bond donors (Lipinski definition) is 0. The van der Waals surface area contributed by atoms with Gasteiger partial charge in [-0.15, -0.1) is 0 Å². The largest absolute Gasteiger partial charge is 0.417 e. The van der Waals surface area contributed by atoms with Crippen LogP contribution in [0.25, 0.3) is 16.9 Å². The third-order valence-corrected chi connectivity index (χ3v) is 3.25. The van der Waals surface area contributed by atoms with Gasteiger partial charge in [-0.05, 0) is 18.2 Å². The van der Waals surface area contributed by atoms with Crippen molar-refractivity contribution in [1.82, 2.24) is 19.3 Å². The Morgan fingerprint density at radius 2 is 2.22 bits per heavy atom. The lowest BCUT2D eigenvalue weighted by Crippen LogP contribution is -2.08. The van der Waals surface area contributed by atoms with Crippen LogP contribution in [0.15, 0.2) is 43.2 Å². The van der Waals surface area contributed by atoms with Crippen molar-refractivity contribution < 1.29 is 18.3 Å². The van der Waals surface area contributed by atoms with E-state index in [4.69, 9.17) is 4.74 Å². The first-order chi connectivity index (χ1) is 11.0. The van der Waals surface area contributed by atoms with Crippen LogP contribution in [-0.4, -0.2) is 25.3 Å². The van der Waals surface area contributed by atoms with Crippen LogP contribution in [-0.2, 0) is 11.8 Å². The third kappa shape index (κ3) is 2.48. The van der Waals surface area contributed by atoms with Crippen LogP contribution in [0.2, 0.25) is 0 Å². The van der Waals surface area contributed by atoms with Gasteiger partial charge in [0.1, 0.15) is 5.65 Å². The smallest absolute Gasteiger partial charge is 0.335 e. The maximum absolute atomic E-state index is 13.2. The number of rotatable bonds is 4. The Morgan fingerprint density at radius 1 is 1.43 bits per heavy atom. The van der Waals surface area contributed by atoms with E-state index < -0.39 is 18.1 Å². The third-order valence-electron chi connectivity index (χ3n) is 3.25. The Hall–Kier alpha value is -3.03. The molecule has 3 rings (SSSR count). The van der Waals surface area contributed by atoms with Crippen molar-refractivity contribution in [2.24, 2.45) is 7.05 Å². The fraction of sp³-hybridized carbons (Fsp3) is 0.133. The van der Waals surface area contributed by atoms with Crippen LogP contribution in [0, 0.1) is 0 Å². The van der Waals surface area contributed by atoms with Crippen molar-refractivity contribution in [1.29, 1.82) is 0 Å². The quantitative estimate of drug-likeness (QED) is 0.548. The fourth-order valence-corrected chi connectivity index (χ4v) is 2.30. The van der Waals surface area contributed by atoms with Crippen LogP contribution in [0.3, 0.4) is 0 Å². The molecule has 0 atom stereocenters. The summed E-state index contributed by atoms with van der Waals surface area (Å²) in [5.41, 5.74) is -0.0808. The molecule has 0 bridgehead atoms. The molecule has 0 aliphatic heterocycles. The molecule has 0 unspecified atom stereocenters. The molecule has 3 aromatic rings. The minimum absolute atomic E-state index is 0.184. The number of aromatic nitrogens is 4. The molecule has 3 aromatic heterocycles. The summed E-state index contributed by atoms with van der Waals surface area (Å²) in [6.07, 6.45) is 1.24. The predicted molar refractivity (Wildman–Crippen MR) is 78.6 cm³/mol. The monoisotopic (exact) mass is 318 g/mol. The molecule has 0 aliphatic rings. The maximum Gasteiger partial charge on any atom is 0.335 e. The Morgan fingerprint density at radius 3 is 2.91 bits per heavy atom. The Balaban J connectivity index is 2.25. The molecule has 0 radical (unpaired) electrons. The average molecular weight is 318 g/mol. The number of alkyl halides is 2. The maximum atomic E-state index is 13.2. The highest BCUT2D eigenvalue weighted by Gasteiger charge is 2.27. The predicted octanol–water partition coefficient (Wildman–Crippen LogP) is 2.79. The van der Waals surface area contributed by atoms with Crippen molar-refractivity contribution >= 4 is 17.0 Å². The van der Waals surface area contributed by atoms with Gasteiger partial charge in [0.15, 0.2) is 11.5 Å². The summed E-state index contributed by atoms with van der Waals surface area (Å²) in [7, 11) is 1.49. The molecule has 0 N–H and O–H groups in total. The van der Waals surface area contributed by atoms with E-state index in [9.17, 15) is 13.6 Å². The number of hydrogen-bond acceptors (Lipinski definition) is 4. The number of ether oxygens (including phenoxy) is 1. The number of aryl methyl sites for hydroxylation is 1. The summed E-state index contributed by atoms with van der Waals surface area (Å²) in [6.45, 7) is 3.27. The highest BCUT2D eigenvalue weighted by atomic mass is 19.3. The molecule has 23 heavy (non-hydrogen) atoms. The van der Waals surface area contributed by atoms with Crippen LogP contribution >= 0.6 is 0 Å². The molecule has 0 saturated carbocycles. The summed E-state index contributed by atoms with van der Waals surface area (Å²) >= 11 is 0. The lowest BCUT2D eigenvalue weighted by atomic mass is 10.3. The molecule has 0 amide bonds. The second-order valence-corrected chi connectivity index (χ2v) is 4.69. The van der Waals surface area contributed by atoms with Crippen molar-refractivity contribution in [3.05, 3.63) is 48.9 Å².